The van der Waals surface area contributed by atoms with Gasteiger partial charge in [0.1, 0.15) is 0 Å². The number of hydrogen-bond acceptors (Lipinski definition) is 3. The maximum atomic E-state index is 11.7. The first kappa shape index (κ1) is 14.1. The number of nitrogens with one attached hydrogen (secondary N) is 1. The lowest BCUT2D eigenvalue weighted by Crippen LogP contribution is -2.33. The van der Waals surface area contributed by atoms with E-state index in [1.807, 2.05) is 17.5 Å². The van der Waals surface area contributed by atoms with Crippen molar-refractivity contribution in [3.05, 3.63) is 22.4 Å². The monoisotopic (exact) mass is 281 g/mol. The number of carboxylic acids is 1. The molecule has 1 aromatic rings. The van der Waals surface area contributed by atoms with E-state index in [9.17, 15) is 9.59 Å². The third-order valence-electron chi connectivity index (χ3n) is 3.70. The molecule has 0 bridgehead atoms. The molecular weight excluding hydrogens is 262 g/mol. The molecule has 4 nitrogen and oxygen atoms in total. The minimum atomic E-state index is -0.680. The fraction of sp³-hybridized carbons (Fsp3) is 0.571. The molecule has 104 valence electrons. The molecule has 1 aliphatic rings. The molecule has 1 aliphatic carbocycles. The van der Waals surface area contributed by atoms with E-state index in [4.69, 9.17) is 5.11 Å². The highest BCUT2D eigenvalue weighted by Crippen LogP contribution is 2.28. The van der Waals surface area contributed by atoms with Crippen LogP contribution in [0.25, 0.3) is 0 Å². The Bertz CT molecular complexity index is 422. The van der Waals surface area contributed by atoms with Crippen LogP contribution in [0.15, 0.2) is 17.5 Å². The van der Waals surface area contributed by atoms with Gasteiger partial charge in [-0.3, -0.25) is 9.59 Å². The van der Waals surface area contributed by atoms with Gasteiger partial charge in [0, 0.05) is 11.4 Å². The minimum absolute atomic E-state index is 0.0582. The number of rotatable bonds is 5. The lowest BCUT2D eigenvalue weighted by Gasteiger charge is -2.26. The Hall–Kier alpha value is -1.36. The molecule has 1 fully saturated rings. The van der Waals surface area contributed by atoms with Crippen LogP contribution in [0.1, 0.15) is 30.6 Å². The second kappa shape index (κ2) is 6.70. The van der Waals surface area contributed by atoms with Crippen molar-refractivity contribution in [2.24, 2.45) is 11.8 Å². The van der Waals surface area contributed by atoms with E-state index in [1.54, 1.807) is 11.3 Å². The molecular formula is C14H19NO3S. The van der Waals surface area contributed by atoms with Gasteiger partial charge in [0.25, 0.3) is 0 Å². The molecule has 0 aliphatic heterocycles. The normalized spacial score (nSPS) is 22.9. The number of amides is 1. The first-order chi connectivity index (χ1) is 9.15. The summed E-state index contributed by atoms with van der Waals surface area (Å²) in [6, 6.07) is 3.91. The summed E-state index contributed by atoms with van der Waals surface area (Å²) in [6.45, 7) is 0.677. The predicted octanol–water partition coefficient (Wildman–Crippen LogP) is 2.30. The Morgan fingerprint density at radius 1 is 1.32 bits per heavy atom. The number of aliphatic carboxylic acids is 1. The topological polar surface area (TPSA) is 66.4 Å². The van der Waals surface area contributed by atoms with Crippen LogP contribution in [-0.4, -0.2) is 23.5 Å². The minimum Gasteiger partial charge on any atom is -0.481 e. The maximum absolute atomic E-state index is 11.7. The van der Waals surface area contributed by atoms with Crippen molar-refractivity contribution < 1.29 is 14.7 Å². The number of carbonyl (C=O) groups is 2. The van der Waals surface area contributed by atoms with E-state index in [0.29, 0.717) is 18.9 Å². The summed E-state index contributed by atoms with van der Waals surface area (Å²) < 4.78 is 0. The second-order valence-corrected chi connectivity index (χ2v) is 6.15. The highest BCUT2D eigenvalue weighted by molar-refractivity contribution is 7.10. The van der Waals surface area contributed by atoms with Gasteiger partial charge in [-0.2, -0.15) is 0 Å². The summed E-state index contributed by atoms with van der Waals surface area (Å²) in [5, 5.41) is 13.8. The van der Waals surface area contributed by atoms with E-state index < -0.39 is 5.97 Å². The van der Waals surface area contributed by atoms with Crippen LogP contribution in [0.4, 0.5) is 0 Å². The smallest absolute Gasteiger partial charge is 0.306 e. The van der Waals surface area contributed by atoms with Gasteiger partial charge in [0.15, 0.2) is 0 Å². The molecule has 19 heavy (non-hydrogen) atoms. The molecule has 1 aromatic heterocycles. The van der Waals surface area contributed by atoms with Gasteiger partial charge < -0.3 is 10.4 Å². The van der Waals surface area contributed by atoms with Gasteiger partial charge in [-0.25, -0.2) is 0 Å². The summed E-state index contributed by atoms with van der Waals surface area (Å²) in [6.07, 6.45) is 3.72. The third-order valence-corrected chi connectivity index (χ3v) is 4.58. The summed E-state index contributed by atoms with van der Waals surface area (Å²) in [4.78, 5) is 23.6. The summed E-state index contributed by atoms with van der Waals surface area (Å²) in [7, 11) is 0. The van der Waals surface area contributed by atoms with Crippen LogP contribution in [0.2, 0.25) is 0 Å². The molecule has 0 radical (unpaired) electrons. The zero-order valence-electron chi connectivity index (χ0n) is 10.8. The molecule has 0 atom stereocenters. The lowest BCUT2D eigenvalue weighted by atomic mass is 9.82. The van der Waals surface area contributed by atoms with Crippen LogP contribution in [0.5, 0.6) is 0 Å². The van der Waals surface area contributed by atoms with Crippen molar-refractivity contribution >= 4 is 23.2 Å². The van der Waals surface area contributed by atoms with E-state index in [0.717, 1.165) is 30.6 Å². The molecule has 0 unspecified atom stereocenters. The highest BCUT2D eigenvalue weighted by Gasteiger charge is 2.25. The lowest BCUT2D eigenvalue weighted by molar-refractivity contribution is -0.143. The van der Waals surface area contributed by atoms with Gasteiger partial charge in [-0.05, 0) is 43.0 Å². The van der Waals surface area contributed by atoms with Crippen molar-refractivity contribution in [2.75, 3.05) is 6.54 Å². The highest BCUT2D eigenvalue weighted by atomic mass is 32.1. The van der Waals surface area contributed by atoms with Crippen LogP contribution < -0.4 is 5.32 Å². The third kappa shape index (κ3) is 4.35. The molecule has 1 heterocycles. The van der Waals surface area contributed by atoms with Crippen LogP contribution >= 0.6 is 11.3 Å². The zero-order chi connectivity index (χ0) is 13.7. The van der Waals surface area contributed by atoms with Crippen LogP contribution in [0.3, 0.4) is 0 Å². The largest absolute Gasteiger partial charge is 0.481 e. The molecule has 5 heteroatoms. The van der Waals surface area contributed by atoms with Gasteiger partial charge in [-0.1, -0.05) is 6.07 Å². The Morgan fingerprint density at radius 3 is 2.63 bits per heavy atom. The SMILES string of the molecule is O=C(Cc1cccs1)NCC1CCC(C(=O)O)CC1. The summed E-state index contributed by atoms with van der Waals surface area (Å²) in [5.74, 6) is -0.371. The molecule has 1 amide bonds. The standard InChI is InChI=1S/C14H19NO3S/c16-13(8-12-2-1-7-19-12)15-9-10-3-5-11(6-4-10)14(17)18/h1-2,7,10-11H,3-6,8-9H2,(H,15,16)(H,17,18). The molecule has 0 spiro atoms. The van der Waals surface area contributed by atoms with Gasteiger partial charge in [0.2, 0.25) is 5.91 Å². The van der Waals surface area contributed by atoms with Crippen LogP contribution in [-0.2, 0) is 16.0 Å². The van der Waals surface area contributed by atoms with Crippen molar-refractivity contribution in [2.45, 2.75) is 32.1 Å². The molecule has 0 aromatic carbocycles. The quantitative estimate of drug-likeness (QED) is 0.870. The fourth-order valence-electron chi connectivity index (χ4n) is 2.51. The Kier molecular flexibility index (Phi) is 4.96. The Morgan fingerprint density at radius 2 is 2.05 bits per heavy atom. The summed E-state index contributed by atoms with van der Waals surface area (Å²) >= 11 is 1.59. The summed E-state index contributed by atoms with van der Waals surface area (Å²) in [5.41, 5.74) is 0. The van der Waals surface area contributed by atoms with Crippen LogP contribution in [0, 0.1) is 11.8 Å². The fourth-order valence-corrected chi connectivity index (χ4v) is 3.21. The number of carboxylic acid groups (broad SMARTS) is 1. The first-order valence-corrected chi connectivity index (χ1v) is 7.55. The van der Waals surface area contributed by atoms with Gasteiger partial charge in [-0.15, -0.1) is 11.3 Å². The Balaban J connectivity index is 1.66. The number of thiophene rings is 1. The van der Waals surface area contributed by atoms with E-state index in [2.05, 4.69) is 5.32 Å². The average molecular weight is 281 g/mol. The molecule has 0 saturated heterocycles. The maximum Gasteiger partial charge on any atom is 0.306 e. The zero-order valence-corrected chi connectivity index (χ0v) is 11.6. The average Bonchev–Trinajstić information content (AvgIpc) is 2.89. The van der Waals surface area contributed by atoms with Crippen molar-refractivity contribution in [1.29, 1.82) is 0 Å². The molecule has 2 N–H and O–H groups in total. The number of hydrogen-bond donors (Lipinski definition) is 2. The van der Waals surface area contributed by atoms with Crippen molar-refractivity contribution in [3.8, 4) is 0 Å². The predicted molar refractivity (Wildman–Crippen MR) is 74.1 cm³/mol. The number of carbonyl (C=O) groups excluding carboxylic acids is 1. The first-order valence-electron chi connectivity index (χ1n) is 6.67. The van der Waals surface area contributed by atoms with E-state index in [-0.39, 0.29) is 11.8 Å². The van der Waals surface area contributed by atoms with Crippen molar-refractivity contribution in [1.82, 2.24) is 5.32 Å². The molecule has 2 rings (SSSR count). The molecule has 1 saturated carbocycles. The van der Waals surface area contributed by atoms with E-state index >= 15 is 0 Å². The van der Waals surface area contributed by atoms with Gasteiger partial charge >= 0.3 is 5.97 Å². The second-order valence-electron chi connectivity index (χ2n) is 5.12. The Labute approximate surface area is 116 Å². The van der Waals surface area contributed by atoms with Gasteiger partial charge in [0.05, 0.1) is 12.3 Å². The van der Waals surface area contributed by atoms with E-state index in [1.165, 1.54) is 0 Å². The van der Waals surface area contributed by atoms with Crippen molar-refractivity contribution in [3.63, 3.8) is 0 Å².